The summed E-state index contributed by atoms with van der Waals surface area (Å²) in [6.45, 7) is 0. The molecule has 0 aliphatic rings. The summed E-state index contributed by atoms with van der Waals surface area (Å²) in [5, 5.41) is 4.80. The summed E-state index contributed by atoms with van der Waals surface area (Å²) in [6.07, 6.45) is -1.79. The standard InChI is InChI=1S/C20H13F3N4O4S/c21-20(22,23)31-17-7-1-2-8-18(17)32(29,30)26-19(28)15-10-9-13-14(25-15)5-3-6-16(13)27-12-4-11-24-27/h1-12H,(H,26,28). The number of fused-ring (bicyclic) bond motifs is 1. The summed E-state index contributed by atoms with van der Waals surface area (Å²) in [5.41, 5.74) is 0.842. The van der Waals surface area contributed by atoms with Gasteiger partial charge >= 0.3 is 6.36 Å². The van der Waals surface area contributed by atoms with E-state index in [1.165, 1.54) is 18.2 Å². The number of alkyl halides is 3. The van der Waals surface area contributed by atoms with E-state index in [-0.39, 0.29) is 5.69 Å². The van der Waals surface area contributed by atoms with Crippen LogP contribution in [0.5, 0.6) is 5.75 Å². The second-order valence-corrected chi connectivity index (χ2v) is 8.07. The van der Waals surface area contributed by atoms with Gasteiger partial charge in [0.1, 0.15) is 16.3 Å². The molecule has 4 aromatic rings. The third kappa shape index (κ3) is 4.39. The van der Waals surface area contributed by atoms with Crippen LogP contribution in [0.25, 0.3) is 16.6 Å². The summed E-state index contributed by atoms with van der Waals surface area (Å²) in [4.78, 5) is 15.9. The van der Waals surface area contributed by atoms with Gasteiger partial charge in [-0.15, -0.1) is 13.2 Å². The second-order valence-electron chi connectivity index (χ2n) is 6.42. The zero-order valence-corrected chi connectivity index (χ0v) is 16.8. The Morgan fingerprint density at radius 3 is 2.50 bits per heavy atom. The summed E-state index contributed by atoms with van der Waals surface area (Å²) < 4.78 is 70.0. The number of carbonyl (C=O) groups is 1. The molecular formula is C20H13F3N4O4S. The van der Waals surface area contributed by atoms with Crippen LogP contribution in [0.2, 0.25) is 0 Å². The number of hydrogen-bond donors (Lipinski definition) is 1. The fourth-order valence-electron chi connectivity index (χ4n) is 2.99. The van der Waals surface area contributed by atoms with Crippen molar-refractivity contribution in [2.24, 2.45) is 0 Å². The van der Waals surface area contributed by atoms with Crippen LogP contribution >= 0.6 is 0 Å². The second kappa shape index (κ2) is 7.96. The molecule has 164 valence electrons. The zero-order chi connectivity index (χ0) is 22.9. The Morgan fingerprint density at radius 1 is 1.00 bits per heavy atom. The smallest absolute Gasteiger partial charge is 0.404 e. The number of nitrogens with one attached hydrogen (secondary N) is 1. The maximum Gasteiger partial charge on any atom is 0.573 e. The molecule has 2 aromatic carbocycles. The molecule has 8 nitrogen and oxygen atoms in total. The van der Waals surface area contributed by atoms with E-state index in [9.17, 15) is 26.4 Å². The zero-order valence-electron chi connectivity index (χ0n) is 15.9. The first-order valence-electron chi connectivity index (χ1n) is 8.96. The quantitative estimate of drug-likeness (QED) is 0.488. The van der Waals surface area contributed by atoms with Crippen LogP contribution in [0.3, 0.4) is 0 Å². The van der Waals surface area contributed by atoms with Crippen LogP contribution < -0.4 is 9.46 Å². The molecule has 12 heteroatoms. The lowest BCUT2D eigenvalue weighted by atomic mass is 10.1. The molecule has 0 aliphatic heterocycles. The molecule has 1 N–H and O–H groups in total. The monoisotopic (exact) mass is 462 g/mol. The fraction of sp³-hybridized carbons (Fsp3) is 0.0500. The van der Waals surface area contributed by atoms with Crippen molar-refractivity contribution in [3.05, 3.63) is 78.8 Å². The number of rotatable bonds is 5. The van der Waals surface area contributed by atoms with Crippen LogP contribution in [-0.2, 0) is 10.0 Å². The lowest BCUT2D eigenvalue weighted by Crippen LogP contribution is -2.32. The Morgan fingerprint density at radius 2 is 1.78 bits per heavy atom. The molecule has 0 saturated heterocycles. The molecule has 0 radical (unpaired) electrons. The Kier molecular flexibility index (Phi) is 5.30. The van der Waals surface area contributed by atoms with Crippen LogP contribution in [0.15, 0.2) is 78.0 Å². The third-order valence-electron chi connectivity index (χ3n) is 4.28. The van der Waals surface area contributed by atoms with Crippen molar-refractivity contribution in [3.63, 3.8) is 0 Å². The number of hydrogen-bond acceptors (Lipinski definition) is 6. The highest BCUT2D eigenvalue weighted by Gasteiger charge is 2.34. The molecule has 2 heterocycles. The molecule has 4 rings (SSSR count). The van der Waals surface area contributed by atoms with Gasteiger partial charge in [-0.3, -0.25) is 4.79 Å². The van der Waals surface area contributed by atoms with E-state index < -0.39 is 32.9 Å². The van der Waals surface area contributed by atoms with Gasteiger partial charge in [0.15, 0.2) is 0 Å². The predicted octanol–water partition coefficient (Wildman–Crippen LogP) is 3.44. The molecule has 0 unspecified atom stereocenters. The normalized spacial score (nSPS) is 12.0. The van der Waals surface area contributed by atoms with Gasteiger partial charge in [0, 0.05) is 17.8 Å². The van der Waals surface area contributed by atoms with E-state index in [4.69, 9.17) is 0 Å². The fourth-order valence-corrected chi connectivity index (χ4v) is 4.08. The number of para-hydroxylation sites is 1. The van der Waals surface area contributed by atoms with Crippen molar-refractivity contribution in [2.75, 3.05) is 0 Å². The van der Waals surface area contributed by atoms with Gasteiger partial charge in [-0.1, -0.05) is 18.2 Å². The molecule has 32 heavy (non-hydrogen) atoms. The topological polar surface area (TPSA) is 103 Å². The van der Waals surface area contributed by atoms with Gasteiger partial charge in [-0.25, -0.2) is 22.8 Å². The minimum atomic E-state index is -5.11. The SMILES string of the molecule is O=C(NS(=O)(=O)c1ccccc1OC(F)(F)F)c1ccc2c(-n3cccn3)cccc2n1. The maximum absolute atomic E-state index is 12.6. The summed E-state index contributed by atoms with van der Waals surface area (Å²) >= 11 is 0. The molecular weight excluding hydrogens is 449 g/mol. The van der Waals surface area contributed by atoms with Gasteiger partial charge in [-0.05, 0) is 42.5 Å². The molecule has 0 spiro atoms. The molecule has 0 saturated carbocycles. The van der Waals surface area contributed by atoms with E-state index in [2.05, 4.69) is 14.8 Å². The molecule has 0 aliphatic carbocycles. The van der Waals surface area contributed by atoms with Crippen molar-refractivity contribution < 1.29 is 31.1 Å². The maximum atomic E-state index is 12.6. The van der Waals surface area contributed by atoms with Gasteiger partial charge in [0.2, 0.25) is 0 Å². The summed E-state index contributed by atoms with van der Waals surface area (Å²) in [5.74, 6) is -2.08. The average molecular weight is 462 g/mol. The highest BCUT2D eigenvalue weighted by atomic mass is 32.2. The number of amides is 1. The Balaban J connectivity index is 1.65. The van der Waals surface area contributed by atoms with E-state index >= 15 is 0 Å². The van der Waals surface area contributed by atoms with Gasteiger partial charge in [0.05, 0.1) is 11.2 Å². The van der Waals surface area contributed by atoms with Crippen LogP contribution in [0.4, 0.5) is 13.2 Å². The van der Waals surface area contributed by atoms with Crippen LogP contribution in [0.1, 0.15) is 10.5 Å². The predicted molar refractivity (Wildman–Crippen MR) is 107 cm³/mol. The number of pyridine rings is 1. The summed E-state index contributed by atoms with van der Waals surface area (Å²) in [7, 11) is -4.69. The number of sulfonamides is 1. The molecule has 0 fully saturated rings. The van der Waals surface area contributed by atoms with Gasteiger partial charge in [-0.2, -0.15) is 5.10 Å². The van der Waals surface area contributed by atoms with E-state index in [0.717, 1.165) is 12.1 Å². The van der Waals surface area contributed by atoms with Crippen LogP contribution in [-0.4, -0.2) is 35.5 Å². The first-order valence-corrected chi connectivity index (χ1v) is 10.4. The highest BCUT2D eigenvalue weighted by Crippen LogP contribution is 2.29. The van der Waals surface area contributed by atoms with Crippen LogP contribution in [0, 0.1) is 0 Å². The molecule has 1 amide bonds. The Labute approximate surface area is 179 Å². The first kappa shape index (κ1) is 21.3. The van der Waals surface area contributed by atoms with E-state index in [0.29, 0.717) is 16.6 Å². The van der Waals surface area contributed by atoms with Crippen molar-refractivity contribution in [1.29, 1.82) is 0 Å². The number of aromatic nitrogens is 3. The number of ether oxygens (including phenoxy) is 1. The minimum absolute atomic E-state index is 0.243. The number of halogens is 3. The summed E-state index contributed by atoms with van der Waals surface area (Å²) in [6, 6.07) is 13.8. The van der Waals surface area contributed by atoms with Crippen molar-refractivity contribution in [1.82, 2.24) is 19.5 Å². The number of benzene rings is 2. The molecule has 0 bridgehead atoms. The lowest BCUT2D eigenvalue weighted by molar-refractivity contribution is -0.275. The van der Waals surface area contributed by atoms with Crippen molar-refractivity contribution >= 4 is 26.8 Å². The third-order valence-corrected chi connectivity index (χ3v) is 5.65. The number of nitrogens with zero attached hydrogens (tertiary/aromatic N) is 3. The lowest BCUT2D eigenvalue weighted by Gasteiger charge is -2.14. The highest BCUT2D eigenvalue weighted by molar-refractivity contribution is 7.90. The van der Waals surface area contributed by atoms with E-state index in [1.807, 2.05) is 0 Å². The van der Waals surface area contributed by atoms with E-state index in [1.54, 1.807) is 52.1 Å². The Bertz CT molecular complexity index is 1400. The molecule has 2 aromatic heterocycles. The van der Waals surface area contributed by atoms with Crippen molar-refractivity contribution in [3.8, 4) is 11.4 Å². The van der Waals surface area contributed by atoms with Gasteiger partial charge < -0.3 is 4.74 Å². The molecule has 0 atom stereocenters. The minimum Gasteiger partial charge on any atom is -0.404 e. The largest absolute Gasteiger partial charge is 0.573 e. The Hall–Kier alpha value is -3.93. The van der Waals surface area contributed by atoms with Gasteiger partial charge in [0.25, 0.3) is 15.9 Å². The average Bonchev–Trinajstić information content (AvgIpc) is 3.26. The number of carbonyl (C=O) groups excluding carboxylic acids is 1. The van der Waals surface area contributed by atoms with Crippen molar-refractivity contribution in [2.45, 2.75) is 11.3 Å². The first-order chi connectivity index (χ1) is 15.1.